The van der Waals surface area contributed by atoms with Crippen LogP contribution in [0.2, 0.25) is 0 Å². The molecule has 1 aromatic heterocycles. The summed E-state index contributed by atoms with van der Waals surface area (Å²) in [6, 6.07) is 0. The Hall–Kier alpha value is -0.410. The molecule has 1 heterocycles. The number of nitrogens with one attached hydrogen (secondary N) is 1. The third-order valence-electron chi connectivity index (χ3n) is 3.70. The molecule has 0 saturated heterocycles. The molecule has 1 aliphatic rings. The van der Waals surface area contributed by atoms with Crippen molar-refractivity contribution in [2.45, 2.75) is 65.0 Å². The van der Waals surface area contributed by atoms with Crippen molar-refractivity contribution < 1.29 is 0 Å². The van der Waals surface area contributed by atoms with E-state index in [1.807, 2.05) is 11.3 Å². The lowest BCUT2D eigenvalue weighted by atomic mass is 9.83. The quantitative estimate of drug-likeness (QED) is 0.870. The number of aromatic nitrogens is 1. The summed E-state index contributed by atoms with van der Waals surface area (Å²) in [4.78, 5) is 5.93. The van der Waals surface area contributed by atoms with E-state index < -0.39 is 0 Å². The summed E-state index contributed by atoms with van der Waals surface area (Å²) < 4.78 is 0. The summed E-state index contributed by atoms with van der Waals surface area (Å²) >= 11 is 1.83. The predicted molar refractivity (Wildman–Crippen MR) is 69.9 cm³/mol. The van der Waals surface area contributed by atoms with Crippen LogP contribution in [0, 0.1) is 13.8 Å². The van der Waals surface area contributed by atoms with Gasteiger partial charge >= 0.3 is 0 Å². The molecule has 16 heavy (non-hydrogen) atoms. The Balaban J connectivity index is 1.91. The lowest BCUT2D eigenvalue weighted by Crippen LogP contribution is -2.43. The summed E-state index contributed by atoms with van der Waals surface area (Å²) in [7, 11) is 0. The zero-order valence-electron chi connectivity index (χ0n) is 10.6. The van der Waals surface area contributed by atoms with Gasteiger partial charge in [0.15, 0.2) is 0 Å². The molecule has 0 atom stereocenters. The molecule has 0 spiro atoms. The van der Waals surface area contributed by atoms with E-state index in [2.05, 4.69) is 31.1 Å². The Labute approximate surface area is 102 Å². The molecule has 90 valence electrons. The molecule has 1 aromatic rings. The monoisotopic (exact) mass is 238 g/mol. The Morgan fingerprint density at radius 3 is 2.50 bits per heavy atom. The minimum Gasteiger partial charge on any atom is -0.305 e. The van der Waals surface area contributed by atoms with Crippen molar-refractivity contribution in [1.29, 1.82) is 0 Å². The van der Waals surface area contributed by atoms with E-state index in [-0.39, 0.29) is 0 Å². The van der Waals surface area contributed by atoms with Crippen molar-refractivity contribution in [2.24, 2.45) is 0 Å². The Morgan fingerprint density at radius 2 is 1.94 bits per heavy atom. The molecule has 2 rings (SSSR count). The van der Waals surface area contributed by atoms with Gasteiger partial charge in [0.1, 0.15) is 5.01 Å². The van der Waals surface area contributed by atoms with Crippen LogP contribution in [0.25, 0.3) is 0 Å². The highest BCUT2D eigenvalue weighted by molar-refractivity contribution is 7.11. The van der Waals surface area contributed by atoms with Crippen LogP contribution in [-0.2, 0) is 6.54 Å². The molecule has 2 nitrogen and oxygen atoms in total. The fraction of sp³-hybridized carbons (Fsp3) is 0.769. The van der Waals surface area contributed by atoms with Crippen LogP contribution in [0.3, 0.4) is 0 Å². The van der Waals surface area contributed by atoms with E-state index in [1.165, 1.54) is 47.7 Å². The van der Waals surface area contributed by atoms with E-state index >= 15 is 0 Å². The van der Waals surface area contributed by atoms with E-state index in [4.69, 9.17) is 0 Å². The van der Waals surface area contributed by atoms with Gasteiger partial charge in [0, 0.05) is 17.0 Å². The maximum atomic E-state index is 4.58. The predicted octanol–water partition coefficient (Wildman–Crippen LogP) is 3.57. The second-order valence-electron chi connectivity index (χ2n) is 5.22. The van der Waals surface area contributed by atoms with Crippen molar-refractivity contribution in [3.8, 4) is 0 Å². The van der Waals surface area contributed by atoms with Crippen LogP contribution in [0.4, 0.5) is 0 Å². The number of hydrogen-bond donors (Lipinski definition) is 1. The van der Waals surface area contributed by atoms with Gasteiger partial charge < -0.3 is 5.32 Å². The molecule has 1 N–H and O–H groups in total. The summed E-state index contributed by atoms with van der Waals surface area (Å²) in [5.41, 5.74) is 1.54. The van der Waals surface area contributed by atoms with E-state index in [0.29, 0.717) is 5.54 Å². The number of aryl methyl sites for hydroxylation is 2. The van der Waals surface area contributed by atoms with Gasteiger partial charge in [-0.15, -0.1) is 11.3 Å². The Morgan fingerprint density at radius 1 is 1.25 bits per heavy atom. The third-order valence-corrected chi connectivity index (χ3v) is 4.77. The molecule has 0 aliphatic heterocycles. The highest BCUT2D eigenvalue weighted by atomic mass is 32.1. The lowest BCUT2D eigenvalue weighted by Gasteiger charge is -2.34. The van der Waals surface area contributed by atoms with Crippen molar-refractivity contribution in [3.05, 3.63) is 15.6 Å². The summed E-state index contributed by atoms with van der Waals surface area (Å²) in [5, 5.41) is 4.94. The minimum absolute atomic E-state index is 0.353. The van der Waals surface area contributed by atoms with Gasteiger partial charge in [-0.2, -0.15) is 0 Å². The maximum Gasteiger partial charge on any atom is 0.107 e. The van der Waals surface area contributed by atoms with Crippen LogP contribution in [0.15, 0.2) is 0 Å². The van der Waals surface area contributed by atoms with Gasteiger partial charge in [-0.1, -0.05) is 19.3 Å². The fourth-order valence-corrected chi connectivity index (χ4v) is 3.29. The molecular formula is C13H22N2S. The summed E-state index contributed by atoms with van der Waals surface area (Å²) in [6.45, 7) is 7.55. The fourth-order valence-electron chi connectivity index (χ4n) is 2.41. The second kappa shape index (κ2) is 4.84. The van der Waals surface area contributed by atoms with Crippen LogP contribution >= 0.6 is 11.3 Å². The van der Waals surface area contributed by atoms with Crippen molar-refractivity contribution in [1.82, 2.24) is 10.3 Å². The lowest BCUT2D eigenvalue weighted by molar-refractivity contribution is 0.252. The highest BCUT2D eigenvalue weighted by Gasteiger charge is 2.26. The minimum atomic E-state index is 0.353. The summed E-state index contributed by atoms with van der Waals surface area (Å²) in [5.74, 6) is 0. The molecule has 0 aromatic carbocycles. The van der Waals surface area contributed by atoms with Gasteiger partial charge in [-0.3, -0.25) is 0 Å². The average Bonchev–Trinajstić information content (AvgIpc) is 2.57. The molecule has 0 amide bonds. The van der Waals surface area contributed by atoms with Crippen LogP contribution in [0.1, 0.15) is 54.6 Å². The van der Waals surface area contributed by atoms with Crippen molar-refractivity contribution in [3.63, 3.8) is 0 Å². The van der Waals surface area contributed by atoms with Gasteiger partial charge in [-0.25, -0.2) is 4.98 Å². The molecule has 0 unspecified atom stereocenters. The van der Waals surface area contributed by atoms with Crippen LogP contribution in [0.5, 0.6) is 0 Å². The van der Waals surface area contributed by atoms with E-state index in [9.17, 15) is 0 Å². The van der Waals surface area contributed by atoms with Gasteiger partial charge in [-0.05, 0) is 33.6 Å². The average molecular weight is 238 g/mol. The SMILES string of the molecule is Cc1nc(CNC2(C)CCCCC2)sc1C. The van der Waals surface area contributed by atoms with Gasteiger partial charge in [0.05, 0.1) is 5.69 Å². The van der Waals surface area contributed by atoms with Crippen molar-refractivity contribution in [2.75, 3.05) is 0 Å². The molecule has 0 bridgehead atoms. The number of thiazole rings is 1. The molecular weight excluding hydrogens is 216 g/mol. The number of rotatable bonds is 3. The zero-order chi connectivity index (χ0) is 11.6. The Bertz CT molecular complexity index is 331. The number of nitrogens with zero attached hydrogens (tertiary/aromatic N) is 1. The molecule has 1 saturated carbocycles. The summed E-state index contributed by atoms with van der Waals surface area (Å²) in [6.07, 6.45) is 6.79. The van der Waals surface area contributed by atoms with Crippen LogP contribution in [-0.4, -0.2) is 10.5 Å². The smallest absolute Gasteiger partial charge is 0.107 e. The molecule has 1 fully saturated rings. The topological polar surface area (TPSA) is 24.9 Å². The normalized spacial score (nSPS) is 19.9. The standard InChI is InChI=1S/C13H22N2S/c1-10-11(2)16-12(15-10)9-14-13(3)7-5-4-6-8-13/h14H,4-9H2,1-3H3. The van der Waals surface area contributed by atoms with Gasteiger partial charge in [0.25, 0.3) is 0 Å². The first-order valence-electron chi connectivity index (χ1n) is 6.27. The second-order valence-corrected chi connectivity index (χ2v) is 6.51. The van der Waals surface area contributed by atoms with Crippen LogP contribution < -0.4 is 5.32 Å². The molecule has 1 aliphatic carbocycles. The van der Waals surface area contributed by atoms with Crippen molar-refractivity contribution >= 4 is 11.3 Å². The highest BCUT2D eigenvalue weighted by Crippen LogP contribution is 2.28. The first-order chi connectivity index (χ1) is 7.59. The number of hydrogen-bond acceptors (Lipinski definition) is 3. The van der Waals surface area contributed by atoms with Gasteiger partial charge in [0.2, 0.25) is 0 Å². The molecule has 3 heteroatoms. The third kappa shape index (κ3) is 2.83. The molecule has 0 radical (unpaired) electrons. The van der Waals surface area contributed by atoms with E-state index in [1.54, 1.807) is 0 Å². The Kier molecular flexibility index (Phi) is 3.65. The maximum absolute atomic E-state index is 4.58. The first kappa shape index (κ1) is 12.1. The van der Waals surface area contributed by atoms with E-state index in [0.717, 1.165) is 6.54 Å². The zero-order valence-corrected chi connectivity index (χ0v) is 11.4. The first-order valence-corrected chi connectivity index (χ1v) is 7.09. The largest absolute Gasteiger partial charge is 0.305 e.